The highest BCUT2D eigenvalue weighted by atomic mass is 16.5. The van der Waals surface area contributed by atoms with Gasteiger partial charge in [-0.1, -0.05) is 18.2 Å². The number of nitrogens with zero attached hydrogens (tertiary/aromatic N) is 3. The first-order chi connectivity index (χ1) is 9.46. The minimum Gasteiger partial charge on any atom is -0.353 e. The van der Waals surface area contributed by atoms with Crippen molar-refractivity contribution in [3.05, 3.63) is 48.7 Å². The monoisotopic (exact) mass is 271 g/mol. The van der Waals surface area contributed by atoms with Crippen LogP contribution in [0.5, 0.6) is 0 Å². The Morgan fingerprint density at radius 1 is 1.00 bits per heavy atom. The van der Waals surface area contributed by atoms with Gasteiger partial charge in [0, 0.05) is 6.20 Å². The van der Waals surface area contributed by atoms with E-state index in [0.717, 1.165) is 11.5 Å². The Morgan fingerprint density at radius 2 is 1.70 bits per heavy atom. The van der Waals surface area contributed by atoms with Gasteiger partial charge in [-0.05, 0) is 52.0 Å². The summed E-state index contributed by atoms with van der Waals surface area (Å²) in [5, 5.41) is 8.53. The maximum absolute atomic E-state index is 5.94. The van der Waals surface area contributed by atoms with E-state index in [0.29, 0.717) is 0 Å². The van der Waals surface area contributed by atoms with Gasteiger partial charge in [0.2, 0.25) is 0 Å². The van der Waals surface area contributed by atoms with Gasteiger partial charge < -0.3 is 9.30 Å². The van der Waals surface area contributed by atoms with Crippen LogP contribution in [0.1, 0.15) is 33.9 Å². The van der Waals surface area contributed by atoms with Crippen LogP contribution in [0.15, 0.2) is 58.9 Å². The van der Waals surface area contributed by atoms with Crippen molar-refractivity contribution in [1.82, 2.24) is 4.57 Å². The number of aromatic nitrogens is 1. The lowest BCUT2D eigenvalue weighted by Gasteiger charge is -2.26. The van der Waals surface area contributed by atoms with Gasteiger partial charge in [-0.3, -0.25) is 0 Å². The topological polar surface area (TPSA) is 38.9 Å². The number of hydrogen-bond donors (Lipinski definition) is 0. The van der Waals surface area contributed by atoms with E-state index in [1.54, 1.807) is 0 Å². The maximum atomic E-state index is 5.94. The van der Waals surface area contributed by atoms with Gasteiger partial charge in [-0.25, -0.2) is 0 Å². The highest BCUT2D eigenvalue weighted by Gasteiger charge is 2.17. The Morgan fingerprint density at radius 3 is 2.35 bits per heavy atom. The Bertz CT molecular complexity index is 567. The summed E-state index contributed by atoms with van der Waals surface area (Å²) in [6.07, 6.45) is 1.87. The molecule has 0 saturated carbocycles. The zero-order chi connectivity index (χ0) is 14.6. The molecule has 4 nitrogen and oxygen atoms in total. The molecule has 0 saturated heterocycles. The predicted octanol–water partition coefficient (Wildman–Crippen LogP) is 5.24. The lowest BCUT2D eigenvalue weighted by atomic mass is 10.2. The predicted molar refractivity (Wildman–Crippen MR) is 80.6 cm³/mol. The van der Waals surface area contributed by atoms with E-state index in [4.69, 9.17) is 4.74 Å². The van der Waals surface area contributed by atoms with Gasteiger partial charge in [0.1, 0.15) is 6.23 Å². The van der Waals surface area contributed by atoms with E-state index in [1.807, 2.05) is 80.9 Å². The molecule has 0 fully saturated rings. The fourth-order valence-corrected chi connectivity index (χ4v) is 1.95. The van der Waals surface area contributed by atoms with Gasteiger partial charge in [-0.15, -0.1) is 10.2 Å². The summed E-state index contributed by atoms with van der Waals surface area (Å²) in [4.78, 5) is 0. The fourth-order valence-electron chi connectivity index (χ4n) is 1.95. The van der Waals surface area contributed by atoms with Crippen LogP contribution in [0.2, 0.25) is 0 Å². The molecule has 20 heavy (non-hydrogen) atoms. The third kappa shape index (κ3) is 4.03. The van der Waals surface area contributed by atoms with Crippen molar-refractivity contribution >= 4 is 11.5 Å². The average molecular weight is 271 g/mol. The Labute approximate surface area is 120 Å². The van der Waals surface area contributed by atoms with E-state index < -0.39 is 0 Å². The Kier molecular flexibility index (Phi) is 4.35. The molecule has 0 spiro atoms. The van der Waals surface area contributed by atoms with Crippen molar-refractivity contribution in [3.63, 3.8) is 0 Å². The average Bonchev–Trinajstić information content (AvgIpc) is 2.84. The van der Waals surface area contributed by atoms with Gasteiger partial charge >= 0.3 is 0 Å². The third-order valence-corrected chi connectivity index (χ3v) is 2.70. The zero-order valence-corrected chi connectivity index (χ0v) is 12.4. The largest absolute Gasteiger partial charge is 0.353 e. The van der Waals surface area contributed by atoms with Crippen LogP contribution in [0.4, 0.5) is 11.5 Å². The molecule has 1 aromatic carbocycles. The van der Waals surface area contributed by atoms with E-state index in [-0.39, 0.29) is 11.8 Å². The maximum Gasteiger partial charge on any atom is 0.157 e. The summed E-state index contributed by atoms with van der Waals surface area (Å²) in [7, 11) is 0. The first-order valence-electron chi connectivity index (χ1n) is 6.77. The molecule has 106 valence electrons. The summed E-state index contributed by atoms with van der Waals surface area (Å²) in [5.41, 5.74) is 0.641. The number of ether oxygens (including phenoxy) is 1. The van der Waals surface area contributed by atoms with Crippen molar-refractivity contribution in [2.45, 2.75) is 39.5 Å². The van der Waals surface area contributed by atoms with Crippen LogP contribution in [-0.4, -0.2) is 10.2 Å². The molecule has 0 bridgehead atoms. The fraction of sp³-hybridized carbons (Fsp3) is 0.375. The molecule has 0 aliphatic rings. The number of hydrogen-bond acceptors (Lipinski definition) is 3. The third-order valence-electron chi connectivity index (χ3n) is 2.70. The number of rotatable bonds is 4. The van der Waals surface area contributed by atoms with Gasteiger partial charge in [-0.2, -0.15) is 0 Å². The molecular formula is C16H21N3O. The van der Waals surface area contributed by atoms with E-state index >= 15 is 0 Å². The highest BCUT2D eigenvalue weighted by Crippen LogP contribution is 2.25. The lowest BCUT2D eigenvalue weighted by Crippen LogP contribution is -2.23. The normalized spacial score (nSPS) is 13.8. The summed E-state index contributed by atoms with van der Waals surface area (Å²) < 4.78 is 7.91. The molecule has 1 unspecified atom stereocenters. The summed E-state index contributed by atoms with van der Waals surface area (Å²) >= 11 is 0. The molecule has 2 rings (SSSR count). The van der Waals surface area contributed by atoms with E-state index in [2.05, 4.69) is 10.2 Å². The first-order valence-corrected chi connectivity index (χ1v) is 6.77. The molecule has 1 heterocycles. The highest BCUT2D eigenvalue weighted by molar-refractivity contribution is 5.37. The zero-order valence-electron chi connectivity index (χ0n) is 12.4. The summed E-state index contributed by atoms with van der Waals surface area (Å²) in [6.45, 7) is 8.13. The molecule has 0 aliphatic carbocycles. The van der Waals surface area contributed by atoms with Gasteiger partial charge in [0.05, 0.1) is 11.3 Å². The lowest BCUT2D eigenvalue weighted by molar-refractivity contribution is -0.0856. The van der Waals surface area contributed by atoms with E-state index in [1.165, 1.54) is 0 Å². The molecule has 0 amide bonds. The van der Waals surface area contributed by atoms with Crippen LogP contribution in [-0.2, 0) is 4.74 Å². The minimum atomic E-state index is -0.197. The van der Waals surface area contributed by atoms with Crippen molar-refractivity contribution < 1.29 is 4.74 Å². The van der Waals surface area contributed by atoms with Crippen molar-refractivity contribution in [1.29, 1.82) is 0 Å². The molecule has 1 aromatic heterocycles. The van der Waals surface area contributed by atoms with Gasteiger partial charge in [0.15, 0.2) is 5.82 Å². The smallest absolute Gasteiger partial charge is 0.157 e. The Balaban J connectivity index is 2.15. The summed E-state index contributed by atoms with van der Waals surface area (Å²) in [5.74, 6) is 0.783. The molecule has 0 aliphatic heterocycles. The van der Waals surface area contributed by atoms with Crippen molar-refractivity contribution in [2.75, 3.05) is 0 Å². The minimum absolute atomic E-state index is 0.0882. The van der Waals surface area contributed by atoms with Gasteiger partial charge in [0.25, 0.3) is 0 Å². The van der Waals surface area contributed by atoms with E-state index in [9.17, 15) is 0 Å². The molecule has 0 N–H and O–H groups in total. The van der Waals surface area contributed by atoms with Crippen LogP contribution in [0.25, 0.3) is 0 Å². The Hall–Kier alpha value is -1.94. The van der Waals surface area contributed by atoms with Crippen molar-refractivity contribution in [2.24, 2.45) is 10.2 Å². The summed E-state index contributed by atoms with van der Waals surface area (Å²) in [6, 6.07) is 13.6. The second-order valence-electron chi connectivity index (χ2n) is 5.64. The molecule has 2 aromatic rings. The molecule has 4 heteroatoms. The second-order valence-corrected chi connectivity index (χ2v) is 5.64. The first kappa shape index (κ1) is 14.5. The van der Waals surface area contributed by atoms with Crippen LogP contribution in [0.3, 0.4) is 0 Å². The van der Waals surface area contributed by atoms with Crippen LogP contribution < -0.4 is 0 Å². The van der Waals surface area contributed by atoms with Crippen LogP contribution >= 0.6 is 0 Å². The number of benzene rings is 1. The standard InChI is InChI=1S/C16H21N3O/c1-13(20-16(2,3)4)19-12-8-11-15(19)18-17-14-9-6-5-7-10-14/h5-13H,1-4H3. The second kappa shape index (κ2) is 6.01. The van der Waals surface area contributed by atoms with Crippen molar-refractivity contribution in [3.8, 4) is 0 Å². The SMILES string of the molecule is CC(OC(C)(C)C)n1cccc1N=Nc1ccccc1. The number of azo groups is 1. The molecular weight excluding hydrogens is 250 g/mol. The molecule has 0 radical (unpaired) electrons. The quantitative estimate of drug-likeness (QED) is 0.701. The van der Waals surface area contributed by atoms with Crippen LogP contribution in [0, 0.1) is 0 Å². The molecule has 1 atom stereocenters.